The fraction of sp³-hybridized carbons (Fsp3) is 0.433. The first-order valence-corrected chi connectivity index (χ1v) is 13.8. The maximum Gasteiger partial charge on any atom is 0.335 e. The van der Waals surface area contributed by atoms with E-state index in [-0.39, 0.29) is 18.0 Å². The Bertz CT molecular complexity index is 1220. The number of carbonyl (C=O) groups is 1. The maximum absolute atomic E-state index is 14.3. The predicted octanol–water partition coefficient (Wildman–Crippen LogP) is 4.73. The molecule has 2 aromatic rings. The molecule has 0 radical (unpaired) electrons. The fourth-order valence-electron chi connectivity index (χ4n) is 5.83. The second kappa shape index (κ2) is 11.6. The van der Waals surface area contributed by atoms with Gasteiger partial charge in [-0.3, -0.25) is 14.7 Å². The standard InChI is InChI=1S/C30H36ClFN4O2/c1-21(2)36-11-4-5-25(30(37)38)29(36)35-15-13-33(14-16-35)18-22-8-9-24-19-34(12-10-23(24)17-22)20-26-27(31)6-3-7-28(26)32/h3-9,11,17,21,29H,10,12-16,18-20H2,1-2H3,(H,37,38). The van der Waals surface area contributed by atoms with Gasteiger partial charge < -0.3 is 10.0 Å². The number of piperazine rings is 1. The zero-order chi connectivity index (χ0) is 26.8. The van der Waals surface area contributed by atoms with E-state index in [1.165, 1.54) is 22.8 Å². The third-order valence-corrected chi connectivity index (χ3v) is 8.26. The van der Waals surface area contributed by atoms with Gasteiger partial charge in [-0.05, 0) is 61.2 Å². The number of allylic oxidation sites excluding steroid dienone is 2. The van der Waals surface area contributed by atoms with E-state index in [4.69, 9.17) is 11.6 Å². The highest BCUT2D eigenvalue weighted by atomic mass is 35.5. The number of hydrogen-bond donors (Lipinski definition) is 1. The molecule has 3 aliphatic rings. The first-order chi connectivity index (χ1) is 18.3. The van der Waals surface area contributed by atoms with E-state index in [1.54, 1.807) is 18.2 Å². The molecule has 202 valence electrons. The van der Waals surface area contributed by atoms with Crippen LogP contribution in [0.5, 0.6) is 0 Å². The van der Waals surface area contributed by atoms with E-state index in [0.29, 0.717) is 22.7 Å². The summed E-state index contributed by atoms with van der Waals surface area (Å²) >= 11 is 6.25. The minimum atomic E-state index is -0.850. The van der Waals surface area contributed by atoms with E-state index < -0.39 is 5.97 Å². The van der Waals surface area contributed by atoms with Gasteiger partial charge in [-0.2, -0.15) is 0 Å². The average molecular weight is 539 g/mol. The molecule has 1 unspecified atom stereocenters. The summed E-state index contributed by atoms with van der Waals surface area (Å²) < 4.78 is 14.3. The third-order valence-electron chi connectivity index (χ3n) is 7.90. The van der Waals surface area contributed by atoms with Gasteiger partial charge in [-0.15, -0.1) is 0 Å². The van der Waals surface area contributed by atoms with Gasteiger partial charge in [0.15, 0.2) is 0 Å². The Morgan fingerprint density at radius 3 is 2.55 bits per heavy atom. The summed E-state index contributed by atoms with van der Waals surface area (Å²) in [5, 5.41) is 10.3. The zero-order valence-electron chi connectivity index (χ0n) is 22.1. The Kier molecular flexibility index (Phi) is 8.19. The van der Waals surface area contributed by atoms with Crippen LogP contribution < -0.4 is 0 Å². The summed E-state index contributed by atoms with van der Waals surface area (Å²) in [5.74, 6) is -1.09. The number of fused-ring (bicyclic) bond motifs is 1. The lowest BCUT2D eigenvalue weighted by atomic mass is 9.96. The molecule has 1 atom stereocenters. The van der Waals surface area contributed by atoms with Crippen molar-refractivity contribution in [3.8, 4) is 0 Å². The molecule has 2 aromatic carbocycles. The SMILES string of the molecule is CC(C)N1C=CC=C(C(=O)O)C1N1CCN(Cc2ccc3c(c2)CCN(Cc2c(F)cccc2Cl)C3)CC1. The van der Waals surface area contributed by atoms with Crippen LogP contribution in [0, 0.1) is 5.82 Å². The first-order valence-electron chi connectivity index (χ1n) is 13.4. The number of hydrogen-bond acceptors (Lipinski definition) is 5. The Labute approximate surface area is 229 Å². The summed E-state index contributed by atoms with van der Waals surface area (Å²) in [6.45, 7) is 10.7. The van der Waals surface area contributed by atoms with Crippen LogP contribution >= 0.6 is 11.6 Å². The molecule has 1 saturated heterocycles. The minimum absolute atomic E-state index is 0.215. The van der Waals surface area contributed by atoms with Gasteiger partial charge in [0.2, 0.25) is 0 Å². The van der Waals surface area contributed by atoms with Gasteiger partial charge in [0, 0.05) is 75.2 Å². The molecule has 0 spiro atoms. The normalized spacial score (nSPS) is 21.0. The lowest BCUT2D eigenvalue weighted by Gasteiger charge is -2.46. The summed E-state index contributed by atoms with van der Waals surface area (Å²) in [5.41, 5.74) is 4.98. The molecule has 1 N–H and O–H groups in total. The smallest absolute Gasteiger partial charge is 0.335 e. The number of benzene rings is 2. The van der Waals surface area contributed by atoms with Crippen molar-refractivity contribution in [2.24, 2.45) is 0 Å². The van der Waals surface area contributed by atoms with Crippen molar-refractivity contribution in [3.05, 3.63) is 93.4 Å². The molecule has 1 fully saturated rings. The van der Waals surface area contributed by atoms with Crippen LogP contribution in [-0.4, -0.2) is 75.6 Å². The zero-order valence-corrected chi connectivity index (χ0v) is 22.9. The summed E-state index contributed by atoms with van der Waals surface area (Å²) in [6.07, 6.45) is 6.28. The summed E-state index contributed by atoms with van der Waals surface area (Å²) in [7, 11) is 0. The highest BCUT2D eigenvalue weighted by molar-refractivity contribution is 6.31. The van der Waals surface area contributed by atoms with E-state index in [0.717, 1.165) is 52.2 Å². The highest BCUT2D eigenvalue weighted by Crippen LogP contribution is 2.27. The van der Waals surface area contributed by atoms with E-state index in [2.05, 4.69) is 51.6 Å². The van der Waals surface area contributed by atoms with Crippen molar-refractivity contribution < 1.29 is 14.3 Å². The molecular formula is C30H36ClFN4O2. The predicted molar refractivity (Wildman–Crippen MR) is 148 cm³/mol. The summed E-state index contributed by atoms with van der Waals surface area (Å²) in [6, 6.07) is 11.8. The molecule has 0 saturated carbocycles. The Balaban J connectivity index is 1.18. The quantitative estimate of drug-likeness (QED) is 0.550. The molecular weight excluding hydrogens is 503 g/mol. The summed E-state index contributed by atoms with van der Waals surface area (Å²) in [4.78, 5) is 21.1. The fourth-order valence-corrected chi connectivity index (χ4v) is 6.05. The van der Waals surface area contributed by atoms with Crippen molar-refractivity contribution in [2.45, 2.75) is 52.1 Å². The van der Waals surface area contributed by atoms with Gasteiger partial charge in [0.1, 0.15) is 12.0 Å². The topological polar surface area (TPSA) is 50.3 Å². The van der Waals surface area contributed by atoms with Crippen LogP contribution in [0.1, 0.15) is 36.1 Å². The van der Waals surface area contributed by atoms with Crippen LogP contribution in [0.2, 0.25) is 5.02 Å². The number of rotatable bonds is 7. The van der Waals surface area contributed by atoms with Gasteiger partial charge in [0.25, 0.3) is 0 Å². The molecule has 5 rings (SSSR count). The van der Waals surface area contributed by atoms with Crippen molar-refractivity contribution in [2.75, 3.05) is 32.7 Å². The van der Waals surface area contributed by atoms with Crippen LogP contribution in [0.15, 0.2) is 60.3 Å². The first kappa shape index (κ1) is 26.9. The van der Waals surface area contributed by atoms with Crippen LogP contribution in [-0.2, 0) is 30.8 Å². The molecule has 0 aromatic heterocycles. The lowest BCUT2D eigenvalue weighted by Crippen LogP contribution is -2.57. The second-order valence-corrected chi connectivity index (χ2v) is 11.2. The maximum atomic E-state index is 14.3. The van der Waals surface area contributed by atoms with Gasteiger partial charge in [0.05, 0.1) is 5.57 Å². The van der Waals surface area contributed by atoms with Crippen molar-refractivity contribution >= 4 is 17.6 Å². The Morgan fingerprint density at radius 2 is 1.84 bits per heavy atom. The number of carboxylic acids is 1. The Hall–Kier alpha value is -2.71. The van der Waals surface area contributed by atoms with E-state index >= 15 is 0 Å². The van der Waals surface area contributed by atoms with Crippen molar-refractivity contribution in [1.29, 1.82) is 0 Å². The largest absolute Gasteiger partial charge is 0.478 e. The monoisotopic (exact) mass is 538 g/mol. The number of halogens is 2. The molecule has 6 nitrogen and oxygen atoms in total. The van der Waals surface area contributed by atoms with Gasteiger partial charge in [-0.1, -0.05) is 35.9 Å². The third kappa shape index (κ3) is 5.81. The molecule has 3 heterocycles. The Morgan fingerprint density at radius 1 is 1.05 bits per heavy atom. The van der Waals surface area contributed by atoms with Gasteiger partial charge >= 0.3 is 5.97 Å². The lowest BCUT2D eigenvalue weighted by molar-refractivity contribution is -0.134. The second-order valence-electron chi connectivity index (χ2n) is 10.8. The van der Waals surface area contributed by atoms with Crippen LogP contribution in [0.25, 0.3) is 0 Å². The highest BCUT2D eigenvalue weighted by Gasteiger charge is 2.35. The average Bonchev–Trinajstić information content (AvgIpc) is 2.91. The van der Waals surface area contributed by atoms with Crippen LogP contribution in [0.3, 0.4) is 0 Å². The van der Waals surface area contributed by atoms with Crippen molar-refractivity contribution in [1.82, 2.24) is 19.6 Å². The van der Waals surface area contributed by atoms with Crippen molar-refractivity contribution in [3.63, 3.8) is 0 Å². The molecule has 38 heavy (non-hydrogen) atoms. The molecule has 0 amide bonds. The number of nitrogens with zero attached hydrogens (tertiary/aromatic N) is 4. The van der Waals surface area contributed by atoms with E-state index in [1.807, 2.05) is 12.3 Å². The molecule has 8 heteroatoms. The number of aliphatic carboxylic acids is 1. The molecule has 0 bridgehead atoms. The van der Waals surface area contributed by atoms with Gasteiger partial charge in [-0.25, -0.2) is 9.18 Å². The van der Waals surface area contributed by atoms with Crippen LogP contribution in [0.4, 0.5) is 4.39 Å². The molecule has 0 aliphatic carbocycles. The number of carboxylic acid groups (broad SMARTS) is 1. The molecule has 3 aliphatic heterocycles. The van der Waals surface area contributed by atoms with E-state index in [9.17, 15) is 14.3 Å². The minimum Gasteiger partial charge on any atom is -0.478 e.